The number of hydrazine groups is 1. The molecule has 2 aromatic rings. The van der Waals surface area contributed by atoms with Crippen molar-refractivity contribution in [3.63, 3.8) is 0 Å². The number of anilines is 1. The van der Waals surface area contributed by atoms with E-state index in [2.05, 4.69) is 5.43 Å². The summed E-state index contributed by atoms with van der Waals surface area (Å²) >= 11 is 0. The molecule has 0 bridgehead atoms. The minimum Gasteiger partial charge on any atom is -0.490 e. The van der Waals surface area contributed by atoms with Crippen LogP contribution in [0.15, 0.2) is 48.5 Å². The van der Waals surface area contributed by atoms with Crippen LogP contribution in [-0.2, 0) is 4.79 Å². The van der Waals surface area contributed by atoms with Gasteiger partial charge in [-0.2, -0.15) is 0 Å². The molecule has 0 atom stereocenters. The number of nitrogens with zero attached hydrogens (tertiary/aromatic N) is 1. The number of methoxy groups -OCH3 is 1. The molecule has 0 fully saturated rings. The molecular weight excluding hydrogens is 272 g/mol. The fourth-order valence-corrected chi connectivity index (χ4v) is 1.79. The fourth-order valence-electron chi connectivity index (χ4n) is 1.79. The molecule has 2 rings (SSSR count). The van der Waals surface area contributed by atoms with Gasteiger partial charge in [-0.25, -0.2) is 0 Å². The first kappa shape index (κ1) is 14.5. The molecule has 0 aliphatic carbocycles. The average molecular weight is 287 g/mol. The molecule has 0 aliphatic rings. The van der Waals surface area contributed by atoms with Crippen LogP contribution >= 0.6 is 0 Å². The van der Waals surface area contributed by atoms with Crippen LogP contribution in [0.25, 0.3) is 0 Å². The predicted molar refractivity (Wildman–Crippen MR) is 77.7 cm³/mol. The zero-order valence-electron chi connectivity index (χ0n) is 11.7. The molecule has 0 aliphatic heterocycles. The molecule has 6 heteroatoms. The van der Waals surface area contributed by atoms with Gasteiger partial charge < -0.3 is 9.47 Å². The van der Waals surface area contributed by atoms with E-state index in [4.69, 9.17) is 9.47 Å². The number of para-hydroxylation sites is 2. The number of ether oxygens (including phenoxy) is 2. The molecule has 0 spiro atoms. The monoisotopic (exact) mass is 287 g/mol. The Morgan fingerprint density at radius 3 is 2.33 bits per heavy atom. The van der Waals surface area contributed by atoms with Crippen molar-refractivity contribution >= 4 is 17.3 Å². The Kier molecular flexibility index (Phi) is 4.50. The summed E-state index contributed by atoms with van der Waals surface area (Å²) in [5.74, 6) is -0.0925. The van der Waals surface area contributed by atoms with Crippen molar-refractivity contribution < 1.29 is 19.1 Å². The highest BCUT2D eigenvalue weighted by molar-refractivity contribution is 5.72. The van der Waals surface area contributed by atoms with Gasteiger partial charge >= 0.3 is 11.7 Å². The summed E-state index contributed by atoms with van der Waals surface area (Å²) in [4.78, 5) is 24.0. The van der Waals surface area contributed by atoms with Gasteiger partial charge in [-0.05, 0) is 24.3 Å². The van der Waals surface area contributed by atoms with Crippen LogP contribution in [0.1, 0.15) is 6.92 Å². The highest BCUT2D eigenvalue weighted by Gasteiger charge is 2.28. The van der Waals surface area contributed by atoms with Crippen LogP contribution in [0.5, 0.6) is 11.5 Å². The van der Waals surface area contributed by atoms with Crippen LogP contribution in [0.2, 0.25) is 0 Å². The maximum atomic E-state index is 12.3. The van der Waals surface area contributed by atoms with Crippen molar-refractivity contribution in [2.75, 3.05) is 12.5 Å². The smallest absolute Gasteiger partial charge is 0.375 e. The molecule has 2 aromatic carbocycles. The number of hydrogen-bond donors (Lipinski definition) is 1. The van der Waals surface area contributed by atoms with E-state index in [1.165, 1.54) is 20.1 Å². The molecule has 0 amide bonds. The summed E-state index contributed by atoms with van der Waals surface area (Å²) in [5.41, 5.74) is 3.35. The molecule has 0 radical (unpaired) electrons. The van der Waals surface area contributed by atoms with E-state index < -0.39 is 5.97 Å². The molecule has 0 saturated heterocycles. The number of nitroso groups, excluding NO2 is 1. The third-order valence-corrected chi connectivity index (χ3v) is 2.64. The highest BCUT2D eigenvalue weighted by atomic mass is 16.5. The van der Waals surface area contributed by atoms with Crippen LogP contribution in [0, 0.1) is 4.91 Å². The molecule has 0 aromatic heterocycles. The largest absolute Gasteiger partial charge is 0.490 e. The highest BCUT2D eigenvalue weighted by Crippen LogP contribution is 2.36. The predicted octanol–water partition coefficient (Wildman–Crippen LogP) is 3.06. The van der Waals surface area contributed by atoms with Gasteiger partial charge in [0.15, 0.2) is 4.87 Å². The molecule has 1 N–H and O–H groups in total. The van der Waals surface area contributed by atoms with Gasteiger partial charge in [-0.15, -0.1) is 5.43 Å². The summed E-state index contributed by atoms with van der Waals surface area (Å²) in [6.07, 6.45) is 0. The number of benzene rings is 2. The maximum Gasteiger partial charge on any atom is 0.375 e. The van der Waals surface area contributed by atoms with E-state index in [0.29, 0.717) is 16.3 Å². The topological polar surface area (TPSA) is 67.6 Å². The molecule has 0 heterocycles. The SMILES string of the molecule is COc1cccc(OC(C)=O)c1[N+](=O)Nc1ccccc1. The number of rotatable bonds is 5. The van der Waals surface area contributed by atoms with Crippen molar-refractivity contribution in [3.05, 3.63) is 53.4 Å². The van der Waals surface area contributed by atoms with Crippen LogP contribution < -0.4 is 14.9 Å². The number of nitrogens with one attached hydrogen (secondary N) is 1. The maximum absolute atomic E-state index is 12.3. The molecule has 6 nitrogen and oxygen atoms in total. The lowest BCUT2D eigenvalue weighted by Crippen LogP contribution is -2.13. The average Bonchev–Trinajstić information content (AvgIpc) is 2.47. The molecule has 21 heavy (non-hydrogen) atoms. The van der Waals surface area contributed by atoms with E-state index >= 15 is 0 Å². The van der Waals surface area contributed by atoms with E-state index in [1.54, 1.807) is 36.4 Å². The van der Waals surface area contributed by atoms with Crippen molar-refractivity contribution in [1.29, 1.82) is 0 Å². The van der Waals surface area contributed by atoms with Crippen molar-refractivity contribution in [2.45, 2.75) is 6.92 Å². The lowest BCUT2D eigenvalue weighted by molar-refractivity contribution is -0.429. The van der Waals surface area contributed by atoms with Gasteiger partial charge in [0.25, 0.3) is 0 Å². The quantitative estimate of drug-likeness (QED) is 0.396. The molecule has 0 unspecified atom stereocenters. The number of esters is 1. The zero-order valence-corrected chi connectivity index (χ0v) is 11.7. The number of hydrogen-bond acceptors (Lipinski definition) is 4. The summed E-state index contributed by atoms with van der Waals surface area (Å²) in [7, 11) is 1.44. The first-order chi connectivity index (χ1) is 10.1. The second-order valence-electron chi connectivity index (χ2n) is 4.17. The van der Waals surface area contributed by atoms with Crippen molar-refractivity contribution in [2.24, 2.45) is 0 Å². The second-order valence-corrected chi connectivity index (χ2v) is 4.17. The first-order valence-electron chi connectivity index (χ1n) is 6.26. The van der Waals surface area contributed by atoms with Crippen molar-refractivity contribution in [1.82, 2.24) is 0 Å². The zero-order chi connectivity index (χ0) is 15.2. The van der Waals surface area contributed by atoms with E-state index in [-0.39, 0.29) is 11.4 Å². The number of carbonyl (C=O) groups is 1. The number of carbonyl (C=O) groups excluding carboxylic acids is 1. The summed E-state index contributed by atoms with van der Waals surface area (Å²) in [6.45, 7) is 1.27. The summed E-state index contributed by atoms with van der Waals surface area (Å²) in [6, 6.07) is 13.7. The van der Waals surface area contributed by atoms with Gasteiger partial charge in [0.05, 0.1) is 12.0 Å². The van der Waals surface area contributed by atoms with E-state index in [9.17, 15) is 9.70 Å². The Bertz CT molecular complexity index is 656. The Labute approximate surface area is 121 Å². The van der Waals surface area contributed by atoms with Crippen molar-refractivity contribution in [3.8, 4) is 11.5 Å². The molecule has 0 saturated carbocycles. The Morgan fingerprint density at radius 2 is 1.71 bits per heavy atom. The Balaban J connectivity index is 2.36. The van der Waals surface area contributed by atoms with E-state index in [1.807, 2.05) is 6.07 Å². The summed E-state index contributed by atoms with van der Waals surface area (Å²) in [5, 5.41) is 0. The van der Waals surface area contributed by atoms with Crippen LogP contribution in [0.4, 0.5) is 11.4 Å². The third-order valence-electron chi connectivity index (χ3n) is 2.64. The lowest BCUT2D eigenvalue weighted by atomic mass is 10.2. The van der Waals surface area contributed by atoms with Gasteiger partial charge in [-0.1, -0.05) is 24.3 Å². The lowest BCUT2D eigenvalue weighted by Gasteiger charge is -2.06. The van der Waals surface area contributed by atoms with Gasteiger partial charge in [-0.3, -0.25) is 4.79 Å². The van der Waals surface area contributed by atoms with E-state index in [0.717, 1.165) is 0 Å². The standard InChI is InChI=1S/C15H15N2O4/c1-11(18)21-14-10-6-9-13(20-2)15(14)17(19)16-12-7-4-3-5-8-12/h3-10H,1-2H3,(H,16,19)/q+1. The van der Waals surface area contributed by atoms with Gasteiger partial charge in [0.1, 0.15) is 5.69 Å². The molecular formula is C15H15N2O4+. The third kappa shape index (κ3) is 3.56. The normalized spacial score (nSPS) is 9.81. The Hall–Kier alpha value is -2.89. The first-order valence-corrected chi connectivity index (χ1v) is 6.26. The molecule has 108 valence electrons. The fraction of sp³-hybridized carbons (Fsp3) is 0.133. The Morgan fingerprint density at radius 1 is 1.05 bits per heavy atom. The minimum absolute atomic E-state index is 0.0963. The second kappa shape index (κ2) is 6.51. The van der Waals surface area contributed by atoms with Crippen LogP contribution in [0.3, 0.4) is 0 Å². The van der Waals surface area contributed by atoms with Crippen LogP contribution in [-0.4, -0.2) is 17.9 Å². The van der Waals surface area contributed by atoms with Gasteiger partial charge in [0.2, 0.25) is 11.5 Å². The van der Waals surface area contributed by atoms with Gasteiger partial charge in [0, 0.05) is 6.92 Å². The minimum atomic E-state index is -0.516. The summed E-state index contributed by atoms with van der Waals surface area (Å²) < 4.78 is 10.2.